The van der Waals surface area contributed by atoms with Crippen LogP contribution in [-0.4, -0.2) is 13.1 Å². The molecule has 0 N–H and O–H groups in total. The summed E-state index contributed by atoms with van der Waals surface area (Å²) in [5.41, 5.74) is 2.90. The van der Waals surface area contributed by atoms with Crippen LogP contribution in [0.2, 0.25) is 0 Å². The Hall–Kier alpha value is -2.80. The Morgan fingerprint density at radius 1 is 1.19 bits per heavy atom. The minimum Gasteiger partial charge on any atom is -0.496 e. The highest BCUT2D eigenvalue weighted by molar-refractivity contribution is 5.78. The summed E-state index contributed by atoms with van der Waals surface area (Å²) in [5.74, 6) is 1.15. The summed E-state index contributed by atoms with van der Waals surface area (Å²) >= 11 is 0. The zero-order valence-electron chi connectivity index (χ0n) is 15.2. The van der Waals surface area contributed by atoms with Gasteiger partial charge in [-0.05, 0) is 37.0 Å². The molecule has 0 spiro atoms. The van der Waals surface area contributed by atoms with Crippen molar-refractivity contribution in [2.45, 2.75) is 44.4 Å². The number of ether oxygens (including phenoxy) is 2. The second kappa shape index (κ2) is 7.61. The minimum absolute atomic E-state index is 0.204. The van der Waals surface area contributed by atoms with E-state index in [1.165, 1.54) is 5.56 Å². The van der Waals surface area contributed by atoms with Gasteiger partial charge >= 0.3 is 5.97 Å². The molecule has 1 aliphatic rings. The Morgan fingerprint density at radius 3 is 2.65 bits per heavy atom. The Morgan fingerprint density at radius 2 is 1.96 bits per heavy atom. The molecule has 0 radical (unpaired) electrons. The molecule has 1 aliphatic heterocycles. The van der Waals surface area contributed by atoms with Crippen molar-refractivity contribution in [1.82, 2.24) is 0 Å². The average Bonchev–Trinajstić information content (AvgIpc) is 2.65. The monoisotopic (exact) mass is 349 g/mol. The van der Waals surface area contributed by atoms with Gasteiger partial charge in [-0.15, -0.1) is 0 Å². The van der Waals surface area contributed by atoms with Gasteiger partial charge in [0, 0.05) is 23.0 Å². The molecule has 4 heteroatoms. The van der Waals surface area contributed by atoms with Crippen molar-refractivity contribution in [3.8, 4) is 17.6 Å². The number of aryl methyl sites for hydroxylation is 1. The average molecular weight is 349 g/mol. The van der Waals surface area contributed by atoms with Crippen LogP contribution in [0.5, 0.6) is 11.5 Å². The smallest absolute Gasteiger partial charge is 0.312 e. The van der Waals surface area contributed by atoms with E-state index >= 15 is 0 Å². The van der Waals surface area contributed by atoms with Crippen LogP contribution in [0.25, 0.3) is 0 Å². The van der Waals surface area contributed by atoms with Crippen molar-refractivity contribution in [3.05, 3.63) is 59.2 Å². The van der Waals surface area contributed by atoms with E-state index in [-0.39, 0.29) is 11.4 Å². The number of benzene rings is 2. The lowest BCUT2D eigenvalue weighted by Gasteiger charge is -2.37. The molecule has 2 aromatic carbocycles. The molecule has 0 unspecified atom stereocenters. The van der Waals surface area contributed by atoms with Crippen molar-refractivity contribution in [1.29, 1.82) is 5.26 Å². The molecule has 0 fully saturated rings. The number of rotatable bonds is 6. The lowest BCUT2D eigenvalue weighted by atomic mass is 9.71. The summed E-state index contributed by atoms with van der Waals surface area (Å²) in [6, 6.07) is 16.1. The number of hydrogen-bond donors (Lipinski definition) is 0. The normalized spacial score (nSPS) is 18.6. The number of nitriles is 1. The number of nitrogens with zero attached hydrogens (tertiary/aromatic N) is 1. The van der Waals surface area contributed by atoms with Gasteiger partial charge in [-0.2, -0.15) is 5.26 Å². The standard InChI is InChI=1S/C22H23NO3/c1-22(13-12-16-7-4-3-5-8-16)15-20(24)26-19-11-10-18(25-2)17(21(19)22)9-6-14-23/h3-5,7-8,10-11H,6,9,12-13,15H2,1-2H3/t22-/m1/s1. The van der Waals surface area contributed by atoms with Crippen LogP contribution in [0.1, 0.15) is 42.9 Å². The van der Waals surface area contributed by atoms with E-state index in [9.17, 15) is 4.79 Å². The maximum absolute atomic E-state index is 12.2. The predicted octanol–water partition coefficient (Wildman–Crippen LogP) is 4.35. The molecule has 3 rings (SSSR count). The Bertz CT molecular complexity index is 838. The molecule has 0 bridgehead atoms. The number of methoxy groups -OCH3 is 1. The van der Waals surface area contributed by atoms with E-state index in [1.807, 2.05) is 30.3 Å². The van der Waals surface area contributed by atoms with Crippen LogP contribution >= 0.6 is 0 Å². The second-order valence-electron chi connectivity index (χ2n) is 6.97. The van der Waals surface area contributed by atoms with Crippen LogP contribution in [0.3, 0.4) is 0 Å². The molecular formula is C22H23NO3. The van der Waals surface area contributed by atoms with Crippen LogP contribution in [-0.2, 0) is 23.1 Å². The van der Waals surface area contributed by atoms with Gasteiger partial charge in [-0.25, -0.2) is 0 Å². The number of esters is 1. The van der Waals surface area contributed by atoms with Gasteiger partial charge in [0.15, 0.2) is 0 Å². The number of fused-ring (bicyclic) bond motifs is 1. The Kier molecular flexibility index (Phi) is 5.27. The maximum atomic E-state index is 12.2. The summed E-state index contributed by atoms with van der Waals surface area (Å²) in [6.45, 7) is 2.12. The molecule has 4 nitrogen and oxygen atoms in total. The maximum Gasteiger partial charge on any atom is 0.312 e. The first kappa shape index (κ1) is 18.0. The van der Waals surface area contributed by atoms with Crippen molar-refractivity contribution in [3.63, 3.8) is 0 Å². The molecule has 134 valence electrons. The predicted molar refractivity (Wildman–Crippen MR) is 99.3 cm³/mol. The van der Waals surface area contributed by atoms with Gasteiger partial charge in [0.1, 0.15) is 11.5 Å². The molecule has 0 saturated carbocycles. The van der Waals surface area contributed by atoms with Gasteiger partial charge in [-0.1, -0.05) is 37.3 Å². The number of hydrogen-bond acceptors (Lipinski definition) is 4. The number of carbonyl (C=O) groups is 1. The highest BCUT2D eigenvalue weighted by Gasteiger charge is 2.40. The van der Waals surface area contributed by atoms with Gasteiger partial charge in [0.05, 0.1) is 19.6 Å². The van der Waals surface area contributed by atoms with E-state index in [0.717, 1.165) is 29.7 Å². The van der Waals surface area contributed by atoms with Crippen LogP contribution in [0.15, 0.2) is 42.5 Å². The fourth-order valence-electron chi connectivity index (χ4n) is 3.82. The Balaban J connectivity index is 2.02. The molecule has 0 aromatic heterocycles. The van der Waals surface area contributed by atoms with Gasteiger partial charge in [0.2, 0.25) is 0 Å². The Labute approximate surface area is 154 Å². The molecule has 1 heterocycles. The first-order valence-corrected chi connectivity index (χ1v) is 8.89. The lowest BCUT2D eigenvalue weighted by molar-refractivity contribution is -0.137. The van der Waals surface area contributed by atoms with Crippen molar-refractivity contribution < 1.29 is 14.3 Å². The summed E-state index contributed by atoms with van der Waals surface area (Å²) in [4.78, 5) is 12.2. The van der Waals surface area contributed by atoms with Crippen molar-refractivity contribution in [2.75, 3.05) is 7.11 Å². The summed E-state index contributed by atoms with van der Waals surface area (Å²) < 4.78 is 11.1. The van der Waals surface area contributed by atoms with E-state index in [2.05, 4.69) is 25.1 Å². The first-order chi connectivity index (χ1) is 12.6. The third-order valence-corrected chi connectivity index (χ3v) is 5.11. The second-order valence-corrected chi connectivity index (χ2v) is 6.97. The first-order valence-electron chi connectivity index (χ1n) is 8.89. The zero-order valence-corrected chi connectivity index (χ0v) is 15.2. The zero-order chi connectivity index (χ0) is 18.6. The summed E-state index contributed by atoms with van der Waals surface area (Å²) in [7, 11) is 1.63. The fraction of sp³-hybridized carbons (Fsp3) is 0.364. The van der Waals surface area contributed by atoms with Crippen LogP contribution in [0, 0.1) is 11.3 Å². The van der Waals surface area contributed by atoms with Crippen LogP contribution < -0.4 is 9.47 Å². The molecule has 26 heavy (non-hydrogen) atoms. The summed E-state index contributed by atoms with van der Waals surface area (Å²) in [5, 5.41) is 9.04. The topological polar surface area (TPSA) is 59.3 Å². The molecule has 0 saturated heterocycles. The fourth-order valence-corrected chi connectivity index (χ4v) is 3.82. The van der Waals surface area contributed by atoms with E-state index in [4.69, 9.17) is 14.7 Å². The van der Waals surface area contributed by atoms with E-state index in [1.54, 1.807) is 7.11 Å². The third-order valence-electron chi connectivity index (χ3n) is 5.11. The minimum atomic E-state index is -0.347. The quantitative estimate of drug-likeness (QED) is 0.574. The highest BCUT2D eigenvalue weighted by atomic mass is 16.5. The molecule has 0 aliphatic carbocycles. The van der Waals surface area contributed by atoms with E-state index in [0.29, 0.717) is 25.0 Å². The van der Waals surface area contributed by atoms with Gasteiger partial charge < -0.3 is 9.47 Å². The van der Waals surface area contributed by atoms with E-state index < -0.39 is 0 Å². The number of carbonyl (C=O) groups excluding carboxylic acids is 1. The largest absolute Gasteiger partial charge is 0.496 e. The lowest BCUT2D eigenvalue weighted by Crippen LogP contribution is -2.35. The van der Waals surface area contributed by atoms with Gasteiger partial charge in [-0.3, -0.25) is 4.79 Å². The van der Waals surface area contributed by atoms with Crippen LogP contribution in [0.4, 0.5) is 0 Å². The molecule has 2 aromatic rings. The summed E-state index contributed by atoms with van der Waals surface area (Å²) in [6.07, 6.45) is 3.02. The molecule has 0 amide bonds. The third kappa shape index (κ3) is 3.57. The van der Waals surface area contributed by atoms with Crippen molar-refractivity contribution >= 4 is 5.97 Å². The van der Waals surface area contributed by atoms with Gasteiger partial charge in [0.25, 0.3) is 0 Å². The van der Waals surface area contributed by atoms with Crippen molar-refractivity contribution in [2.24, 2.45) is 0 Å². The molecule has 1 atom stereocenters. The molecular weight excluding hydrogens is 326 g/mol. The SMILES string of the molecule is COc1ccc2c(c1CCC#N)[C@](C)(CCc1ccccc1)CC(=O)O2. The highest BCUT2D eigenvalue weighted by Crippen LogP contribution is 2.47.